The minimum Gasteiger partial charge on any atom is -0.490 e. The van der Waals surface area contributed by atoms with E-state index in [2.05, 4.69) is 28.7 Å². The normalized spacial score (nSPS) is 14.3. The third kappa shape index (κ3) is 5.86. The number of ether oxygens (including phenoxy) is 2. The number of hydrogen-bond acceptors (Lipinski definition) is 6. The summed E-state index contributed by atoms with van der Waals surface area (Å²) in [5.74, 6) is 0.823. The van der Waals surface area contributed by atoms with E-state index < -0.39 is 0 Å². The van der Waals surface area contributed by atoms with Gasteiger partial charge in [-0.25, -0.2) is 0 Å². The number of benzene rings is 3. The van der Waals surface area contributed by atoms with Crippen molar-refractivity contribution in [1.29, 1.82) is 5.26 Å². The van der Waals surface area contributed by atoms with Gasteiger partial charge in [0.05, 0.1) is 33.3 Å². The minimum atomic E-state index is -0.384. The highest BCUT2D eigenvalue weighted by atomic mass is 127. The van der Waals surface area contributed by atoms with Crippen LogP contribution < -0.4 is 9.47 Å². The SMILES string of the molecule is CCOc1cc(/C=C2/SC(=O)N(Cc3ccccc3C#N)C2=O)cc(I)c1OCc1ccccc1. The predicted octanol–water partition coefficient (Wildman–Crippen LogP) is 6.38. The van der Waals surface area contributed by atoms with Crippen LogP contribution in [0.1, 0.15) is 29.2 Å². The molecule has 0 saturated carbocycles. The van der Waals surface area contributed by atoms with Crippen LogP contribution in [0.15, 0.2) is 71.6 Å². The molecule has 1 fully saturated rings. The van der Waals surface area contributed by atoms with Crippen molar-refractivity contribution in [3.63, 3.8) is 0 Å². The monoisotopic (exact) mass is 596 g/mol. The molecule has 0 N–H and O–H groups in total. The Balaban J connectivity index is 1.57. The minimum absolute atomic E-state index is 0.0553. The van der Waals surface area contributed by atoms with Crippen LogP contribution in [0.4, 0.5) is 4.79 Å². The first kappa shape index (κ1) is 24.8. The molecule has 0 aromatic heterocycles. The molecule has 3 aromatic rings. The Labute approximate surface area is 221 Å². The van der Waals surface area contributed by atoms with Gasteiger partial charge in [-0.1, -0.05) is 48.5 Å². The lowest BCUT2D eigenvalue weighted by Gasteiger charge is -2.15. The molecule has 1 saturated heterocycles. The van der Waals surface area contributed by atoms with E-state index in [1.807, 2.05) is 49.4 Å². The first-order valence-corrected chi connectivity index (χ1v) is 12.8. The smallest absolute Gasteiger partial charge is 0.293 e. The van der Waals surface area contributed by atoms with Crippen molar-refractivity contribution >= 4 is 51.6 Å². The van der Waals surface area contributed by atoms with E-state index in [1.165, 1.54) is 4.90 Å². The van der Waals surface area contributed by atoms with E-state index in [9.17, 15) is 14.9 Å². The number of hydrogen-bond donors (Lipinski definition) is 0. The van der Waals surface area contributed by atoms with E-state index in [-0.39, 0.29) is 17.7 Å². The maximum Gasteiger partial charge on any atom is 0.293 e. The standard InChI is InChI=1S/C27H21IN2O4S/c1-2-33-23-13-19(12-22(28)25(23)34-17-18-8-4-3-5-9-18)14-24-26(31)30(27(32)35-24)16-21-11-7-6-10-20(21)15-29/h3-14H,2,16-17H2,1H3/b24-14+. The van der Waals surface area contributed by atoms with Crippen molar-refractivity contribution in [3.8, 4) is 17.6 Å². The van der Waals surface area contributed by atoms with Crippen LogP contribution in [0.5, 0.6) is 11.5 Å². The third-order valence-corrected chi connectivity index (χ3v) is 6.90. The summed E-state index contributed by atoms with van der Waals surface area (Å²) in [7, 11) is 0. The Morgan fingerprint density at radius 3 is 2.54 bits per heavy atom. The number of thioether (sulfide) groups is 1. The van der Waals surface area contributed by atoms with Crippen molar-refractivity contribution < 1.29 is 19.1 Å². The lowest BCUT2D eigenvalue weighted by atomic mass is 10.1. The first-order chi connectivity index (χ1) is 17.0. The lowest BCUT2D eigenvalue weighted by Crippen LogP contribution is -2.27. The lowest BCUT2D eigenvalue weighted by molar-refractivity contribution is -0.123. The van der Waals surface area contributed by atoms with Crippen molar-refractivity contribution in [3.05, 3.63) is 97.5 Å². The number of nitrogens with zero attached hydrogens (tertiary/aromatic N) is 2. The van der Waals surface area contributed by atoms with Crippen molar-refractivity contribution in [2.75, 3.05) is 6.61 Å². The summed E-state index contributed by atoms with van der Waals surface area (Å²) in [6, 6.07) is 22.6. The number of imide groups is 1. The molecule has 0 aliphatic carbocycles. The number of carbonyl (C=O) groups is 2. The third-order valence-electron chi connectivity index (χ3n) is 5.20. The summed E-state index contributed by atoms with van der Waals surface area (Å²) in [6.45, 7) is 2.81. The molecule has 0 atom stereocenters. The van der Waals surface area contributed by atoms with Crippen molar-refractivity contribution in [2.24, 2.45) is 0 Å². The quantitative estimate of drug-likeness (QED) is 0.222. The van der Waals surface area contributed by atoms with Crippen molar-refractivity contribution in [2.45, 2.75) is 20.1 Å². The van der Waals surface area contributed by atoms with E-state index in [4.69, 9.17) is 9.47 Å². The molecule has 0 bridgehead atoms. The zero-order chi connectivity index (χ0) is 24.8. The van der Waals surface area contributed by atoms with Gasteiger partial charge < -0.3 is 9.47 Å². The second-order valence-electron chi connectivity index (χ2n) is 7.57. The van der Waals surface area contributed by atoms with Gasteiger partial charge >= 0.3 is 0 Å². The Morgan fingerprint density at radius 2 is 1.80 bits per heavy atom. The molecule has 4 rings (SSSR count). The molecule has 6 nitrogen and oxygen atoms in total. The van der Waals surface area contributed by atoms with Gasteiger partial charge in [0, 0.05) is 0 Å². The van der Waals surface area contributed by atoms with Gasteiger partial charge in [0.1, 0.15) is 6.61 Å². The van der Waals surface area contributed by atoms with Crippen LogP contribution >= 0.6 is 34.4 Å². The summed E-state index contributed by atoms with van der Waals surface area (Å²) in [5.41, 5.74) is 2.85. The Kier molecular flexibility index (Phi) is 8.10. The average molecular weight is 596 g/mol. The molecular formula is C27H21IN2O4S. The fourth-order valence-corrected chi connectivity index (χ4v) is 5.15. The number of halogens is 1. The maximum absolute atomic E-state index is 13.0. The molecule has 8 heteroatoms. The van der Waals surface area contributed by atoms with Crippen LogP contribution in [0, 0.1) is 14.9 Å². The summed E-state index contributed by atoms with van der Waals surface area (Å²) in [5, 5.41) is 8.95. The van der Waals surface area contributed by atoms with E-state index >= 15 is 0 Å². The zero-order valence-corrected chi connectivity index (χ0v) is 21.8. The Morgan fingerprint density at radius 1 is 1.06 bits per heavy atom. The van der Waals surface area contributed by atoms with Crippen LogP contribution in [-0.2, 0) is 17.9 Å². The molecule has 1 aliphatic heterocycles. The van der Waals surface area contributed by atoms with Gasteiger partial charge in [0.2, 0.25) is 0 Å². The molecule has 1 aliphatic rings. The fourth-order valence-electron chi connectivity index (χ4n) is 3.53. The predicted molar refractivity (Wildman–Crippen MR) is 144 cm³/mol. The topological polar surface area (TPSA) is 79.6 Å². The van der Waals surface area contributed by atoms with Crippen LogP contribution in [-0.4, -0.2) is 22.7 Å². The molecule has 0 spiro atoms. The van der Waals surface area contributed by atoms with Crippen LogP contribution in [0.3, 0.4) is 0 Å². The molecule has 35 heavy (non-hydrogen) atoms. The molecule has 0 unspecified atom stereocenters. The molecule has 2 amide bonds. The largest absolute Gasteiger partial charge is 0.490 e. The Bertz CT molecular complexity index is 1330. The number of rotatable bonds is 8. The molecule has 3 aromatic carbocycles. The highest BCUT2D eigenvalue weighted by molar-refractivity contribution is 14.1. The van der Waals surface area contributed by atoms with Gasteiger partial charge in [0.15, 0.2) is 11.5 Å². The highest BCUT2D eigenvalue weighted by Crippen LogP contribution is 2.38. The first-order valence-electron chi connectivity index (χ1n) is 10.9. The molecule has 0 radical (unpaired) electrons. The van der Waals surface area contributed by atoms with Gasteiger partial charge in [-0.15, -0.1) is 0 Å². The number of carbonyl (C=O) groups excluding carboxylic acids is 2. The second-order valence-corrected chi connectivity index (χ2v) is 9.73. The zero-order valence-electron chi connectivity index (χ0n) is 18.9. The fraction of sp³-hybridized carbons (Fsp3) is 0.148. The number of amides is 2. The van der Waals surface area contributed by atoms with Crippen molar-refractivity contribution in [1.82, 2.24) is 4.90 Å². The van der Waals surface area contributed by atoms with Crippen LogP contribution in [0.2, 0.25) is 0 Å². The van der Waals surface area contributed by atoms with Gasteiger partial charge in [-0.05, 0) is 82.2 Å². The summed E-state index contributed by atoms with van der Waals surface area (Å²) in [4.78, 5) is 27.1. The Hall–Kier alpha value is -3.29. The summed E-state index contributed by atoms with van der Waals surface area (Å²) >= 11 is 3.07. The van der Waals surface area contributed by atoms with Crippen LogP contribution in [0.25, 0.3) is 6.08 Å². The van der Waals surface area contributed by atoms with E-state index in [0.717, 1.165) is 26.5 Å². The maximum atomic E-state index is 13.0. The molecule has 1 heterocycles. The van der Waals surface area contributed by atoms with Gasteiger partial charge in [-0.2, -0.15) is 5.26 Å². The second kappa shape index (κ2) is 11.4. The van der Waals surface area contributed by atoms with Gasteiger partial charge in [0.25, 0.3) is 11.1 Å². The summed E-state index contributed by atoms with van der Waals surface area (Å²) < 4.78 is 12.7. The van der Waals surface area contributed by atoms with Gasteiger partial charge in [-0.3, -0.25) is 14.5 Å². The van der Waals surface area contributed by atoms with E-state index in [0.29, 0.717) is 40.7 Å². The molecule has 176 valence electrons. The average Bonchev–Trinajstić information content (AvgIpc) is 3.12. The van der Waals surface area contributed by atoms with E-state index in [1.54, 1.807) is 30.3 Å². The molecular weight excluding hydrogens is 575 g/mol. The number of nitriles is 1. The highest BCUT2D eigenvalue weighted by Gasteiger charge is 2.35. The summed E-state index contributed by atoms with van der Waals surface area (Å²) in [6.07, 6.45) is 1.69.